The van der Waals surface area contributed by atoms with Crippen LogP contribution >= 0.6 is 0 Å². The molecule has 0 saturated carbocycles. The van der Waals surface area contributed by atoms with Crippen molar-refractivity contribution in [1.29, 1.82) is 0 Å². The van der Waals surface area contributed by atoms with E-state index in [2.05, 4.69) is 9.97 Å². The molecule has 33 heavy (non-hydrogen) atoms. The molecular formula is C21H15F3N4O4S. The molecule has 0 aliphatic heterocycles. The Morgan fingerprint density at radius 3 is 2.45 bits per heavy atom. The zero-order chi connectivity index (χ0) is 24.0. The van der Waals surface area contributed by atoms with Gasteiger partial charge in [-0.25, -0.2) is 4.98 Å². The molecule has 0 aliphatic carbocycles. The van der Waals surface area contributed by atoms with Gasteiger partial charge in [0.2, 0.25) is 0 Å². The Kier molecular flexibility index (Phi) is 5.42. The molecule has 0 fully saturated rings. The predicted octanol–water partition coefficient (Wildman–Crippen LogP) is 3.60. The third-order valence-electron chi connectivity index (χ3n) is 4.90. The first-order chi connectivity index (χ1) is 15.5. The topological polar surface area (TPSA) is 105 Å². The van der Waals surface area contributed by atoms with E-state index in [0.29, 0.717) is 0 Å². The Hall–Kier alpha value is -3.77. The number of sulfonamides is 1. The largest absolute Gasteiger partial charge is 0.416 e. The monoisotopic (exact) mass is 476 g/mol. The van der Waals surface area contributed by atoms with E-state index in [1.165, 1.54) is 55.7 Å². The van der Waals surface area contributed by atoms with E-state index >= 15 is 0 Å². The molecule has 0 amide bonds. The molecule has 4 rings (SSSR count). The second kappa shape index (κ2) is 7.98. The minimum absolute atomic E-state index is 0.0132. The third-order valence-corrected chi connectivity index (χ3v) is 6.39. The molecule has 1 N–H and O–H groups in total. The highest BCUT2D eigenvalue weighted by molar-refractivity contribution is 7.92. The Morgan fingerprint density at radius 1 is 1.06 bits per heavy atom. The van der Waals surface area contributed by atoms with Gasteiger partial charge < -0.3 is 0 Å². The van der Waals surface area contributed by atoms with Gasteiger partial charge in [-0.15, -0.1) is 4.47 Å². The molecule has 0 saturated heterocycles. The van der Waals surface area contributed by atoms with E-state index in [0.717, 1.165) is 22.9 Å². The van der Waals surface area contributed by atoms with Crippen molar-refractivity contribution < 1.29 is 26.8 Å². The second-order valence-corrected chi connectivity index (χ2v) is 8.76. The van der Waals surface area contributed by atoms with Crippen LogP contribution in [0.25, 0.3) is 22.3 Å². The first-order valence-electron chi connectivity index (χ1n) is 9.33. The highest BCUT2D eigenvalue weighted by Crippen LogP contribution is 2.33. The van der Waals surface area contributed by atoms with Crippen LogP contribution in [0.2, 0.25) is 0 Å². The number of hydrogen-bond donors (Lipinski definition) is 1. The maximum absolute atomic E-state index is 13.2. The van der Waals surface area contributed by atoms with Gasteiger partial charge in [-0.05, 0) is 36.4 Å². The summed E-state index contributed by atoms with van der Waals surface area (Å²) in [7, 11) is -3.15. The number of halogens is 3. The van der Waals surface area contributed by atoms with Gasteiger partial charge in [0.05, 0.1) is 10.9 Å². The van der Waals surface area contributed by atoms with Gasteiger partial charge in [-0.3, -0.25) is 19.6 Å². The second-order valence-electron chi connectivity index (χ2n) is 6.99. The summed E-state index contributed by atoms with van der Waals surface area (Å²) in [6, 6.07) is 10.8. The van der Waals surface area contributed by atoms with Crippen molar-refractivity contribution in [3.63, 3.8) is 0 Å². The van der Waals surface area contributed by atoms with E-state index < -0.39 is 27.3 Å². The lowest BCUT2D eigenvalue weighted by Crippen LogP contribution is -2.29. The molecule has 8 nitrogen and oxygen atoms in total. The minimum atomic E-state index is -4.61. The molecule has 0 aliphatic rings. The van der Waals surface area contributed by atoms with Crippen molar-refractivity contribution >= 4 is 26.6 Å². The number of aromatic nitrogens is 3. The zero-order valence-corrected chi connectivity index (χ0v) is 17.7. The SMILES string of the molecule is Cn1c(-c2cccc(C(F)(F)F)c2)nc2c(N(O)S(=O)(=O)c3cccnc3)cccc2c1=O. The van der Waals surface area contributed by atoms with E-state index in [9.17, 15) is 31.6 Å². The number of benzene rings is 2. The molecule has 2 aromatic carbocycles. The standard InChI is InChI=1S/C21H15F3N4O4S/c1-27-19(13-5-2-6-14(11-13)21(22,23)24)26-18-16(20(27)29)8-3-9-17(18)28(30)33(31,32)15-7-4-10-25-12-15/h2-12,30H,1H3. The smallest absolute Gasteiger partial charge is 0.295 e. The summed E-state index contributed by atoms with van der Waals surface area (Å²) in [6.45, 7) is 0. The summed E-state index contributed by atoms with van der Waals surface area (Å²) in [5.74, 6) is -0.141. The molecule has 0 spiro atoms. The molecule has 4 aromatic rings. The third kappa shape index (κ3) is 3.94. The molecule has 0 atom stereocenters. The van der Waals surface area contributed by atoms with Crippen LogP contribution in [0.5, 0.6) is 0 Å². The predicted molar refractivity (Wildman–Crippen MR) is 113 cm³/mol. The number of nitrogens with zero attached hydrogens (tertiary/aromatic N) is 4. The zero-order valence-electron chi connectivity index (χ0n) is 16.9. The number of pyridine rings is 1. The van der Waals surface area contributed by atoms with Gasteiger partial charge >= 0.3 is 6.18 Å². The average Bonchev–Trinajstić information content (AvgIpc) is 2.80. The van der Waals surface area contributed by atoms with E-state index in [4.69, 9.17) is 0 Å². The van der Waals surface area contributed by atoms with Crippen LogP contribution in [0.15, 0.2) is 76.7 Å². The van der Waals surface area contributed by atoms with Crippen molar-refractivity contribution in [1.82, 2.24) is 14.5 Å². The molecule has 0 radical (unpaired) electrons. The summed E-state index contributed by atoms with van der Waals surface area (Å²) in [6.07, 6.45) is -2.23. The van der Waals surface area contributed by atoms with Gasteiger partial charge in [0.25, 0.3) is 15.6 Å². The first-order valence-corrected chi connectivity index (χ1v) is 10.8. The van der Waals surface area contributed by atoms with E-state index in [1.807, 2.05) is 0 Å². The van der Waals surface area contributed by atoms with E-state index in [1.54, 1.807) is 0 Å². The van der Waals surface area contributed by atoms with Crippen LogP contribution in [0.1, 0.15) is 5.56 Å². The molecule has 2 heterocycles. The van der Waals surface area contributed by atoms with Crippen LogP contribution in [-0.2, 0) is 23.2 Å². The van der Waals surface area contributed by atoms with Crippen molar-refractivity contribution in [2.45, 2.75) is 11.1 Å². The number of alkyl halides is 3. The van der Waals surface area contributed by atoms with Crippen LogP contribution in [0.4, 0.5) is 18.9 Å². The number of anilines is 1. The highest BCUT2D eigenvalue weighted by atomic mass is 32.2. The Morgan fingerprint density at radius 2 is 1.79 bits per heavy atom. The Labute approximate surface area is 185 Å². The summed E-state index contributed by atoms with van der Waals surface area (Å²) >= 11 is 0. The molecule has 12 heteroatoms. The first kappa shape index (κ1) is 22.4. The van der Waals surface area contributed by atoms with Gasteiger partial charge in [0.1, 0.15) is 21.9 Å². The van der Waals surface area contributed by atoms with Crippen molar-refractivity contribution in [2.24, 2.45) is 7.05 Å². The van der Waals surface area contributed by atoms with Gasteiger partial charge in [-0.2, -0.15) is 21.6 Å². The summed E-state index contributed by atoms with van der Waals surface area (Å²) in [5, 5.41) is 10.6. The summed E-state index contributed by atoms with van der Waals surface area (Å²) in [4.78, 5) is 20.6. The number of rotatable bonds is 4. The lowest BCUT2D eigenvalue weighted by Gasteiger charge is -2.19. The number of fused-ring (bicyclic) bond motifs is 1. The highest BCUT2D eigenvalue weighted by Gasteiger charge is 2.31. The van der Waals surface area contributed by atoms with Crippen LogP contribution in [0.3, 0.4) is 0 Å². The lowest BCUT2D eigenvalue weighted by atomic mass is 10.1. The number of para-hydroxylation sites is 1. The summed E-state index contributed by atoms with van der Waals surface area (Å²) in [5.41, 5.74) is -2.14. The van der Waals surface area contributed by atoms with Crippen LogP contribution < -0.4 is 10.0 Å². The van der Waals surface area contributed by atoms with Crippen molar-refractivity contribution in [3.8, 4) is 11.4 Å². The maximum Gasteiger partial charge on any atom is 0.416 e. The normalized spacial score (nSPS) is 12.2. The molecule has 2 aromatic heterocycles. The lowest BCUT2D eigenvalue weighted by molar-refractivity contribution is -0.137. The Balaban J connectivity index is 1.95. The fourth-order valence-electron chi connectivity index (χ4n) is 3.26. The quantitative estimate of drug-likeness (QED) is 0.452. The van der Waals surface area contributed by atoms with Gasteiger partial charge in [0.15, 0.2) is 0 Å². The van der Waals surface area contributed by atoms with Crippen molar-refractivity contribution in [3.05, 3.63) is 82.9 Å². The average molecular weight is 476 g/mol. The fraction of sp³-hybridized carbons (Fsp3) is 0.0952. The summed E-state index contributed by atoms with van der Waals surface area (Å²) < 4.78 is 66.2. The fourth-order valence-corrected chi connectivity index (χ4v) is 4.31. The molecular weight excluding hydrogens is 461 g/mol. The van der Waals surface area contributed by atoms with Crippen LogP contribution in [0, 0.1) is 0 Å². The Bertz CT molecular complexity index is 1520. The van der Waals surface area contributed by atoms with Crippen molar-refractivity contribution in [2.75, 3.05) is 4.47 Å². The minimum Gasteiger partial charge on any atom is -0.295 e. The van der Waals surface area contributed by atoms with Gasteiger partial charge in [0, 0.05) is 25.0 Å². The molecule has 0 bridgehead atoms. The van der Waals surface area contributed by atoms with Gasteiger partial charge in [-0.1, -0.05) is 18.2 Å². The van der Waals surface area contributed by atoms with E-state index in [-0.39, 0.29) is 37.3 Å². The number of hydrogen-bond acceptors (Lipinski definition) is 6. The van der Waals surface area contributed by atoms with Crippen LogP contribution in [-0.4, -0.2) is 28.2 Å². The molecule has 170 valence electrons. The maximum atomic E-state index is 13.2. The molecule has 0 unspecified atom stereocenters.